The molecule has 0 radical (unpaired) electrons. The van der Waals surface area contributed by atoms with Crippen molar-refractivity contribution in [2.24, 2.45) is 7.05 Å². The van der Waals surface area contributed by atoms with Gasteiger partial charge in [0.1, 0.15) is 11.3 Å². The number of aryl methyl sites for hydroxylation is 1. The quantitative estimate of drug-likeness (QED) is 0.683. The smallest absolute Gasteiger partial charge is 0.142 e. The highest BCUT2D eigenvalue weighted by Crippen LogP contribution is 2.23. The molecule has 0 aliphatic carbocycles. The Morgan fingerprint density at radius 1 is 1.18 bits per heavy atom. The molecule has 0 bridgehead atoms. The molecule has 3 heterocycles. The summed E-state index contributed by atoms with van der Waals surface area (Å²) in [5.74, 6) is 0.841. The van der Waals surface area contributed by atoms with Crippen LogP contribution in [0.2, 0.25) is 0 Å². The molecule has 3 aromatic heterocycles. The summed E-state index contributed by atoms with van der Waals surface area (Å²) in [6, 6.07) is 3.80. The average molecular weight is 225 g/mol. The fourth-order valence-corrected chi connectivity index (χ4v) is 1.89. The van der Waals surface area contributed by atoms with E-state index in [0.29, 0.717) is 5.69 Å². The van der Waals surface area contributed by atoms with Gasteiger partial charge in [-0.3, -0.25) is 9.97 Å². The molecule has 0 aliphatic heterocycles. The maximum Gasteiger partial charge on any atom is 0.142 e. The first kappa shape index (κ1) is 9.77. The van der Waals surface area contributed by atoms with Gasteiger partial charge in [0.15, 0.2) is 0 Å². The minimum Gasteiger partial charge on any atom is -0.397 e. The van der Waals surface area contributed by atoms with Gasteiger partial charge in [0.05, 0.1) is 17.4 Å². The van der Waals surface area contributed by atoms with Crippen LogP contribution >= 0.6 is 0 Å². The maximum absolute atomic E-state index is 5.73. The van der Waals surface area contributed by atoms with Gasteiger partial charge in [0.25, 0.3) is 0 Å². The number of fused-ring (bicyclic) bond motifs is 1. The van der Waals surface area contributed by atoms with Crippen molar-refractivity contribution in [3.63, 3.8) is 0 Å². The number of hydrogen-bond acceptors (Lipinski definition) is 4. The van der Waals surface area contributed by atoms with E-state index >= 15 is 0 Å². The molecule has 0 amide bonds. The van der Waals surface area contributed by atoms with Crippen LogP contribution in [0.4, 0.5) is 5.69 Å². The summed E-state index contributed by atoms with van der Waals surface area (Å²) < 4.78 is 2.01. The normalized spacial score (nSPS) is 10.9. The molecule has 3 aromatic rings. The minimum atomic E-state index is 0.632. The largest absolute Gasteiger partial charge is 0.397 e. The van der Waals surface area contributed by atoms with E-state index in [4.69, 9.17) is 5.73 Å². The van der Waals surface area contributed by atoms with E-state index in [2.05, 4.69) is 15.0 Å². The zero-order chi connectivity index (χ0) is 11.8. The molecule has 0 fully saturated rings. The first-order valence-electron chi connectivity index (χ1n) is 5.23. The Labute approximate surface area is 98.0 Å². The van der Waals surface area contributed by atoms with Gasteiger partial charge in [0.2, 0.25) is 0 Å². The number of aromatic nitrogens is 4. The summed E-state index contributed by atoms with van der Waals surface area (Å²) in [6.45, 7) is 0. The Morgan fingerprint density at radius 3 is 2.82 bits per heavy atom. The molecule has 5 heteroatoms. The van der Waals surface area contributed by atoms with Crippen molar-refractivity contribution < 1.29 is 0 Å². The predicted molar refractivity (Wildman–Crippen MR) is 66.2 cm³/mol. The second kappa shape index (κ2) is 3.55. The molecular weight excluding hydrogens is 214 g/mol. The lowest BCUT2D eigenvalue weighted by Gasteiger charge is -2.02. The number of imidazole rings is 1. The van der Waals surface area contributed by atoms with Gasteiger partial charge in [-0.15, -0.1) is 0 Å². The fraction of sp³-hybridized carbons (Fsp3) is 0.0833. The Bertz CT molecular complexity index is 686. The first-order valence-corrected chi connectivity index (χ1v) is 5.23. The third-order valence-corrected chi connectivity index (χ3v) is 2.70. The van der Waals surface area contributed by atoms with Gasteiger partial charge in [-0.2, -0.15) is 0 Å². The summed E-state index contributed by atoms with van der Waals surface area (Å²) in [4.78, 5) is 12.7. The first-order chi connectivity index (χ1) is 8.25. The molecular formula is C12H11N5. The van der Waals surface area contributed by atoms with Crippen LogP contribution in [0.3, 0.4) is 0 Å². The van der Waals surface area contributed by atoms with Crippen molar-refractivity contribution in [2.75, 3.05) is 5.73 Å². The number of rotatable bonds is 1. The number of hydrogen-bond donors (Lipinski definition) is 1. The molecule has 5 nitrogen and oxygen atoms in total. The average Bonchev–Trinajstić information content (AvgIpc) is 2.68. The van der Waals surface area contributed by atoms with E-state index in [0.717, 1.165) is 22.4 Å². The van der Waals surface area contributed by atoms with Gasteiger partial charge in [-0.25, -0.2) is 4.98 Å². The van der Waals surface area contributed by atoms with Gasteiger partial charge in [-0.05, 0) is 12.1 Å². The standard InChI is InChI=1S/C12H11N5/c1-17-11-2-3-14-7-10(11)16-12(17)8-4-9(13)6-15-5-8/h2-7H,13H2,1H3. The molecule has 0 spiro atoms. The maximum atomic E-state index is 5.73. The van der Waals surface area contributed by atoms with Crippen molar-refractivity contribution in [2.45, 2.75) is 0 Å². The number of nitrogen functional groups attached to an aromatic ring is 1. The van der Waals surface area contributed by atoms with Crippen LogP contribution in [-0.2, 0) is 7.05 Å². The number of pyridine rings is 2. The molecule has 0 saturated heterocycles. The van der Waals surface area contributed by atoms with E-state index in [9.17, 15) is 0 Å². The van der Waals surface area contributed by atoms with E-state index < -0.39 is 0 Å². The summed E-state index contributed by atoms with van der Waals surface area (Å²) in [7, 11) is 1.97. The summed E-state index contributed by atoms with van der Waals surface area (Å²) in [5.41, 5.74) is 9.17. The molecule has 0 atom stereocenters. The van der Waals surface area contributed by atoms with E-state index in [-0.39, 0.29) is 0 Å². The molecule has 0 aliphatic rings. The number of nitrogens with zero attached hydrogens (tertiary/aromatic N) is 4. The topological polar surface area (TPSA) is 69.6 Å². The summed E-state index contributed by atoms with van der Waals surface area (Å²) in [6.07, 6.45) is 6.88. The van der Waals surface area contributed by atoms with E-state index in [1.54, 1.807) is 24.8 Å². The third-order valence-electron chi connectivity index (χ3n) is 2.70. The lowest BCUT2D eigenvalue weighted by molar-refractivity contribution is 0.957. The van der Waals surface area contributed by atoms with Gasteiger partial charge in [0, 0.05) is 31.2 Å². The molecule has 2 N–H and O–H groups in total. The summed E-state index contributed by atoms with van der Waals surface area (Å²) >= 11 is 0. The van der Waals surface area contributed by atoms with Crippen molar-refractivity contribution in [3.05, 3.63) is 36.9 Å². The lowest BCUT2D eigenvalue weighted by Crippen LogP contribution is -1.94. The summed E-state index contributed by atoms with van der Waals surface area (Å²) in [5, 5.41) is 0. The SMILES string of the molecule is Cn1c(-c2cncc(N)c2)nc2cnccc21. The number of nitrogens with two attached hydrogens (primary N) is 1. The number of anilines is 1. The Morgan fingerprint density at radius 2 is 2.06 bits per heavy atom. The second-order valence-electron chi connectivity index (χ2n) is 3.87. The highest BCUT2D eigenvalue weighted by molar-refractivity contribution is 5.79. The third kappa shape index (κ3) is 1.52. The van der Waals surface area contributed by atoms with Crippen LogP contribution in [-0.4, -0.2) is 19.5 Å². The van der Waals surface area contributed by atoms with Crippen LogP contribution < -0.4 is 5.73 Å². The second-order valence-corrected chi connectivity index (χ2v) is 3.87. The monoisotopic (exact) mass is 225 g/mol. The predicted octanol–water partition coefficient (Wildman–Crippen LogP) is 1.61. The van der Waals surface area contributed by atoms with Gasteiger partial charge in [-0.1, -0.05) is 0 Å². The Hall–Kier alpha value is -2.43. The highest BCUT2D eigenvalue weighted by Gasteiger charge is 2.09. The van der Waals surface area contributed by atoms with Crippen molar-refractivity contribution in [3.8, 4) is 11.4 Å². The highest BCUT2D eigenvalue weighted by atomic mass is 15.1. The van der Waals surface area contributed by atoms with Crippen LogP contribution in [0.15, 0.2) is 36.9 Å². The molecule has 3 rings (SSSR count). The molecule has 0 aromatic carbocycles. The molecule has 0 unspecified atom stereocenters. The Balaban J connectivity index is 2.27. The lowest BCUT2D eigenvalue weighted by atomic mass is 10.2. The minimum absolute atomic E-state index is 0.632. The van der Waals surface area contributed by atoms with E-state index in [1.165, 1.54) is 0 Å². The Kier molecular flexibility index (Phi) is 2.04. The van der Waals surface area contributed by atoms with Crippen LogP contribution in [0.25, 0.3) is 22.4 Å². The van der Waals surface area contributed by atoms with Crippen LogP contribution in [0.5, 0.6) is 0 Å². The van der Waals surface area contributed by atoms with E-state index in [1.807, 2.05) is 23.7 Å². The van der Waals surface area contributed by atoms with Gasteiger partial charge < -0.3 is 10.3 Å². The zero-order valence-corrected chi connectivity index (χ0v) is 9.33. The van der Waals surface area contributed by atoms with Crippen LogP contribution in [0, 0.1) is 0 Å². The van der Waals surface area contributed by atoms with Crippen LogP contribution in [0.1, 0.15) is 0 Å². The zero-order valence-electron chi connectivity index (χ0n) is 9.33. The fourth-order valence-electron chi connectivity index (χ4n) is 1.89. The van der Waals surface area contributed by atoms with Crippen molar-refractivity contribution in [1.29, 1.82) is 0 Å². The molecule has 84 valence electrons. The van der Waals surface area contributed by atoms with Crippen molar-refractivity contribution >= 4 is 16.7 Å². The van der Waals surface area contributed by atoms with Gasteiger partial charge >= 0.3 is 0 Å². The molecule has 0 saturated carbocycles. The van der Waals surface area contributed by atoms with Crippen molar-refractivity contribution in [1.82, 2.24) is 19.5 Å². The molecule has 17 heavy (non-hydrogen) atoms.